The Morgan fingerprint density at radius 2 is 1.86 bits per heavy atom. The number of benzene rings is 1. The minimum Gasteiger partial charge on any atom is -0.482 e. The largest absolute Gasteiger partial charge is 0.482 e. The molecule has 2 saturated heterocycles. The van der Waals surface area contributed by atoms with E-state index in [9.17, 15) is 0 Å². The molecule has 0 N–H and O–H groups in total. The maximum Gasteiger partial charge on any atom is 0.130 e. The minimum atomic E-state index is -0.0595. The van der Waals surface area contributed by atoms with Crippen LogP contribution in [0.25, 0.3) is 6.08 Å². The number of fused-ring (bicyclic) bond motifs is 1. The quantitative estimate of drug-likeness (QED) is 0.834. The van der Waals surface area contributed by atoms with Gasteiger partial charge in [-0.2, -0.15) is 0 Å². The van der Waals surface area contributed by atoms with Crippen LogP contribution in [-0.2, 0) is 6.54 Å². The Morgan fingerprint density at radius 3 is 2.64 bits per heavy atom. The molecular formula is C19H26N2O. The average molecular weight is 298 g/mol. The van der Waals surface area contributed by atoms with Gasteiger partial charge in [0, 0.05) is 38.0 Å². The number of rotatable bonds is 2. The maximum absolute atomic E-state index is 6.41. The Hall–Kier alpha value is -1.32. The molecule has 0 amide bonds. The summed E-state index contributed by atoms with van der Waals surface area (Å²) >= 11 is 0. The van der Waals surface area contributed by atoms with Gasteiger partial charge in [0.15, 0.2) is 0 Å². The Labute approximate surface area is 133 Å². The third-order valence-electron chi connectivity index (χ3n) is 5.39. The van der Waals surface area contributed by atoms with Crippen LogP contribution in [0.3, 0.4) is 0 Å². The molecule has 3 heteroatoms. The zero-order valence-corrected chi connectivity index (χ0v) is 13.6. The number of hydrogen-bond acceptors (Lipinski definition) is 3. The Kier molecular flexibility index (Phi) is 3.71. The van der Waals surface area contributed by atoms with E-state index in [1.807, 2.05) is 0 Å². The van der Waals surface area contributed by atoms with Crippen molar-refractivity contribution in [1.29, 1.82) is 0 Å². The normalized spacial score (nSPS) is 24.4. The lowest BCUT2D eigenvalue weighted by Crippen LogP contribution is -2.46. The van der Waals surface area contributed by atoms with E-state index in [0.29, 0.717) is 0 Å². The molecule has 0 saturated carbocycles. The summed E-state index contributed by atoms with van der Waals surface area (Å²) in [5.41, 5.74) is 2.60. The number of ether oxygens (including phenoxy) is 1. The second kappa shape index (κ2) is 5.71. The Morgan fingerprint density at radius 1 is 1.09 bits per heavy atom. The van der Waals surface area contributed by atoms with E-state index in [2.05, 4.69) is 47.2 Å². The lowest BCUT2D eigenvalue weighted by atomic mass is 9.88. The van der Waals surface area contributed by atoms with Crippen molar-refractivity contribution in [2.75, 3.05) is 33.2 Å². The second-order valence-electron chi connectivity index (χ2n) is 7.16. The molecule has 0 atom stereocenters. The fourth-order valence-corrected chi connectivity index (χ4v) is 3.88. The van der Waals surface area contributed by atoms with Crippen molar-refractivity contribution in [3.63, 3.8) is 0 Å². The first kappa shape index (κ1) is 14.3. The predicted molar refractivity (Wildman–Crippen MR) is 90.1 cm³/mol. The first-order valence-electron chi connectivity index (χ1n) is 8.65. The highest BCUT2D eigenvalue weighted by Crippen LogP contribution is 2.37. The second-order valence-corrected chi connectivity index (χ2v) is 7.16. The highest BCUT2D eigenvalue weighted by molar-refractivity contribution is 5.62. The summed E-state index contributed by atoms with van der Waals surface area (Å²) in [6.07, 6.45) is 9.49. The van der Waals surface area contributed by atoms with Gasteiger partial charge < -0.3 is 9.64 Å². The number of likely N-dealkylation sites (tertiary alicyclic amines) is 2. The third kappa shape index (κ3) is 2.80. The molecule has 118 valence electrons. The van der Waals surface area contributed by atoms with Crippen LogP contribution in [0.5, 0.6) is 5.75 Å². The van der Waals surface area contributed by atoms with Gasteiger partial charge in [-0.05, 0) is 56.8 Å². The first-order chi connectivity index (χ1) is 10.7. The number of nitrogens with zero attached hydrogens (tertiary/aromatic N) is 2. The van der Waals surface area contributed by atoms with Crippen molar-refractivity contribution in [2.45, 2.75) is 37.8 Å². The smallest absolute Gasteiger partial charge is 0.130 e. The van der Waals surface area contributed by atoms with Crippen LogP contribution in [0, 0.1) is 0 Å². The third-order valence-corrected chi connectivity index (χ3v) is 5.39. The molecule has 0 unspecified atom stereocenters. The van der Waals surface area contributed by atoms with Crippen LogP contribution in [0.15, 0.2) is 24.3 Å². The molecule has 3 aliphatic rings. The van der Waals surface area contributed by atoms with Crippen molar-refractivity contribution >= 4 is 6.08 Å². The van der Waals surface area contributed by atoms with Crippen LogP contribution in [-0.4, -0.2) is 48.6 Å². The van der Waals surface area contributed by atoms with Crippen LogP contribution in [0.2, 0.25) is 0 Å². The molecule has 0 bridgehead atoms. The molecule has 1 aromatic rings. The molecule has 2 fully saturated rings. The zero-order valence-electron chi connectivity index (χ0n) is 13.6. The standard InChI is InChI=1S/C19H26N2O/c1-20-12-8-19(9-13-20)7-6-17-14-16(4-5-18(17)22-19)15-21-10-2-3-11-21/h4-7,14H,2-3,8-13,15H2,1H3. The van der Waals surface area contributed by atoms with Gasteiger partial charge in [0.05, 0.1) is 0 Å². The van der Waals surface area contributed by atoms with Crippen LogP contribution in [0.1, 0.15) is 36.8 Å². The monoisotopic (exact) mass is 298 g/mol. The summed E-state index contributed by atoms with van der Waals surface area (Å²) in [5, 5.41) is 0. The van der Waals surface area contributed by atoms with Crippen molar-refractivity contribution in [3.8, 4) is 5.75 Å². The Bertz CT molecular complexity index is 567. The van der Waals surface area contributed by atoms with Gasteiger partial charge in [0.2, 0.25) is 0 Å². The van der Waals surface area contributed by atoms with Crippen LogP contribution >= 0.6 is 0 Å². The summed E-state index contributed by atoms with van der Waals surface area (Å²) < 4.78 is 6.41. The molecule has 3 heterocycles. The fraction of sp³-hybridized carbons (Fsp3) is 0.579. The number of hydrogen-bond donors (Lipinski definition) is 0. The highest BCUT2D eigenvalue weighted by atomic mass is 16.5. The van der Waals surface area contributed by atoms with E-state index >= 15 is 0 Å². The van der Waals surface area contributed by atoms with E-state index in [4.69, 9.17) is 4.74 Å². The van der Waals surface area contributed by atoms with E-state index in [-0.39, 0.29) is 5.60 Å². The lowest BCUT2D eigenvalue weighted by molar-refractivity contribution is 0.0473. The van der Waals surface area contributed by atoms with Gasteiger partial charge >= 0.3 is 0 Å². The van der Waals surface area contributed by atoms with Gasteiger partial charge in [-0.1, -0.05) is 12.1 Å². The molecule has 0 aromatic heterocycles. The molecule has 4 rings (SSSR count). The maximum atomic E-state index is 6.41. The fourth-order valence-electron chi connectivity index (χ4n) is 3.88. The van der Waals surface area contributed by atoms with Gasteiger partial charge in [-0.15, -0.1) is 0 Å². The summed E-state index contributed by atoms with van der Waals surface area (Å²) in [6, 6.07) is 6.75. The van der Waals surface area contributed by atoms with E-state index in [1.54, 1.807) is 0 Å². The van der Waals surface area contributed by atoms with Crippen LogP contribution < -0.4 is 4.74 Å². The van der Waals surface area contributed by atoms with Crippen molar-refractivity contribution in [1.82, 2.24) is 9.80 Å². The molecule has 1 spiro atoms. The van der Waals surface area contributed by atoms with Gasteiger partial charge in [-0.25, -0.2) is 0 Å². The summed E-state index contributed by atoms with van der Waals surface area (Å²) in [7, 11) is 2.19. The average Bonchev–Trinajstić information content (AvgIpc) is 3.04. The Balaban J connectivity index is 1.50. The molecule has 1 aromatic carbocycles. The van der Waals surface area contributed by atoms with E-state index in [1.165, 1.54) is 37.1 Å². The van der Waals surface area contributed by atoms with Crippen LogP contribution in [0.4, 0.5) is 0 Å². The van der Waals surface area contributed by atoms with Gasteiger partial charge in [-0.3, -0.25) is 4.90 Å². The first-order valence-corrected chi connectivity index (χ1v) is 8.65. The highest BCUT2D eigenvalue weighted by Gasteiger charge is 2.35. The summed E-state index contributed by atoms with van der Waals surface area (Å²) in [4.78, 5) is 4.94. The molecule has 3 nitrogen and oxygen atoms in total. The lowest BCUT2D eigenvalue weighted by Gasteiger charge is -2.41. The molecule has 22 heavy (non-hydrogen) atoms. The summed E-state index contributed by atoms with van der Waals surface area (Å²) in [6.45, 7) is 5.82. The minimum absolute atomic E-state index is 0.0595. The number of piperidine rings is 1. The molecule has 0 aliphatic carbocycles. The van der Waals surface area contributed by atoms with Crippen molar-refractivity contribution in [2.24, 2.45) is 0 Å². The summed E-state index contributed by atoms with van der Waals surface area (Å²) in [5.74, 6) is 1.07. The van der Waals surface area contributed by atoms with Gasteiger partial charge in [0.1, 0.15) is 11.4 Å². The van der Waals surface area contributed by atoms with Crippen molar-refractivity contribution < 1.29 is 4.74 Å². The van der Waals surface area contributed by atoms with Gasteiger partial charge in [0.25, 0.3) is 0 Å². The van der Waals surface area contributed by atoms with Crippen molar-refractivity contribution in [3.05, 3.63) is 35.4 Å². The topological polar surface area (TPSA) is 15.7 Å². The molecular weight excluding hydrogens is 272 g/mol. The zero-order chi connectivity index (χ0) is 15.0. The molecule has 0 radical (unpaired) electrons. The SMILES string of the molecule is CN1CCC2(C=Cc3cc(CN4CCCC4)ccc3O2)CC1. The predicted octanol–water partition coefficient (Wildman–Crippen LogP) is 3.15. The van der Waals surface area contributed by atoms with E-state index < -0.39 is 0 Å². The molecule has 3 aliphatic heterocycles. The van der Waals surface area contributed by atoms with E-state index in [0.717, 1.165) is 38.2 Å².